The van der Waals surface area contributed by atoms with Crippen molar-refractivity contribution >= 4 is 78.8 Å². The van der Waals surface area contributed by atoms with E-state index >= 15 is 0 Å². The monoisotopic (exact) mass is 315 g/mol. The second kappa shape index (κ2) is 9.29. The molecule has 0 aliphatic rings. The van der Waals surface area contributed by atoms with Gasteiger partial charge in [0.1, 0.15) is 4.32 Å². The van der Waals surface area contributed by atoms with Crippen LogP contribution >= 0.6 is 23.1 Å². The van der Waals surface area contributed by atoms with Crippen molar-refractivity contribution in [2.24, 2.45) is 5.73 Å². The molecule has 2 N–H and O–H groups in total. The number of nitrogens with two attached hydrogens (primary N) is 1. The molecule has 0 bridgehead atoms. The van der Waals surface area contributed by atoms with E-state index in [2.05, 4.69) is 48.5 Å². The molecule has 0 amide bonds. The van der Waals surface area contributed by atoms with E-state index in [-0.39, 0.29) is 51.4 Å². The molecule has 2 rings (SSSR count). The van der Waals surface area contributed by atoms with Crippen LogP contribution in [0.1, 0.15) is 11.1 Å². The quantitative estimate of drug-likeness (QED) is 0.515. The Hall–Kier alpha value is 0.316. The van der Waals surface area contributed by atoms with Gasteiger partial charge in [-0.25, -0.2) is 0 Å². The van der Waals surface area contributed by atoms with Crippen LogP contribution in [0.3, 0.4) is 0 Å². The van der Waals surface area contributed by atoms with Gasteiger partial charge in [-0.05, 0) is 11.1 Å². The van der Waals surface area contributed by atoms with E-state index < -0.39 is 10.9 Å². The molecule has 0 unspecified atom stereocenters. The van der Waals surface area contributed by atoms with E-state index in [4.69, 9.17) is 18.0 Å². The van der Waals surface area contributed by atoms with Crippen LogP contribution in [0.15, 0.2) is 60.7 Å². The summed E-state index contributed by atoms with van der Waals surface area (Å²) in [7, 11) is -0.463. The van der Waals surface area contributed by atoms with Gasteiger partial charge in [0.25, 0.3) is 0 Å². The summed E-state index contributed by atoms with van der Waals surface area (Å²) >= 11 is 5.22. The summed E-state index contributed by atoms with van der Waals surface area (Å²) in [6.07, 6.45) is 0. The van der Waals surface area contributed by atoms with E-state index in [0.717, 1.165) is 11.5 Å². The molecule has 0 fully saturated rings. The minimum atomic E-state index is -0.463. The molecule has 0 heterocycles. The van der Waals surface area contributed by atoms with Crippen molar-refractivity contribution in [1.82, 2.24) is 0 Å². The Bertz CT molecular complexity index is 461. The Morgan fingerprint density at radius 2 is 1.21 bits per heavy atom. The van der Waals surface area contributed by atoms with Gasteiger partial charge in [0.2, 0.25) is 0 Å². The Morgan fingerprint density at radius 1 is 0.842 bits per heavy atom. The van der Waals surface area contributed by atoms with E-state index in [1.54, 1.807) is 0 Å². The molecular weight excluding hydrogens is 297 g/mol. The third-order valence-corrected chi connectivity index (χ3v) is 5.64. The molecule has 0 aliphatic carbocycles. The van der Waals surface area contributed by atoms with Crippen LogP contribution in [-0.4, -0.2) is 55.7 Å². The van der Waals surface area contributed by atoms with Gasteiger partial charge in [0, 0.05) is 11.5 Å². The van der Waals surface area contributed by atoms with Crippen LogP contribution in [0.2, 0.25) is 0 Å². The number of rotatable bonds is 4. The van der Waals surface area contributed by atoms with Gasteiger partial charge in [-0.15, -0.1) is 0 Å². The molecule has 0 aromatic heterocycles. The predicted octanol–water partition coefficient (Wildman–Crippen LogP) is 2.98. The molecule has 0 spiro atoms. The zero-order valence-electron chi connectivity index (χ0n) is 10.1. The third-order valence-electron chi connectivity index (χ3n) is 2.74. The van der Waals surface area contributed by atoms with E-state index in [1.165, 1.54) is 11.1 Å². The minimum absolute atomic E-state index is 0. The number of hydrogen-bond acceptors (Lipinski definition) is 1. The van der Waals surface area contributed by atoms with Crippen LogP contribution in [0.5, 0.6) is 0 Å². The second-order valence-electron chi connectivity index (χ2n) is 4.17. The number of thiol groups is 1. The van der Waals surface area contributed by atoms with Crippen molar-refractivity contribution in [3.63, 3.8) is 0 Å². The Kier molecular flexibility index (Phi) is 8.49. The zero-order chi connectivity index (χ0) is 12.8. The van der Waals surface area contributed by atoms with Gasteiger partial charge in [0.15, 0.2) is 0 Å². The van der Waals surface area contributed by atoms with Crippen molar-refractivity contribution < 1.29 is 0 Å². The molecular formula is C15H18KNS2. The average molecular weight is 316 g/mol. The summed E-state index contributed by atoms with van der Waals surface area (Å²) < 4.78 is 0.665. The topological polar surface area (TPSA) is 26.0 Å². The van der Waals surface area contributed by atoms with E-state index in [0.29, 0.717) is 4.32 Å². The predicted molar refractivity (Wildman–Crippen MR) is 93.2 cm³/mol. The first-order chi connectivity index (χ1) is 8.75. The fourth-order valence-electron chi connectivity index (χ4n) is 1.82. The fraction of sp³-hybridized carbons (Fsp3) is 0.133. The normalized spacial score (nSPS) is 10.4. The summed E-state index contributed by atoms with van der Waals surface area (Å²) in [6, 6.07) is 20.9. The van der Waals surface area contributed by atoms with E-state index in [1.807, 2.05) is 12.1 Å². The van der Waals surface area contributed by atoms with Crippen molar-refractivity contribution in [2.75, 3.05) is 0 Å². The molecule has 19 heavy (non-hydrogen) atoms. The molecule has 0 radical (unpaired) electrons. The summed E-state index contributed by atoms with van der Waals surface area (Å²) in [5, 5.41) is 0. The fourth-order valence-corrected chi connectivity index (χ4v) is 3.93. The number of hydrogen-bond donors (Lipinski definition) is 2. The maximum absolute atomic E-state index is 5.89. The zero-order valence-corrected chi connectivity index (χ0v) is 11.8. The number of thiocarbonyl (C=S) groups is 1. The Labute approximate surface area is 165 Å². The van der Waals surface area contributed by atoms with Gasteiger partial charge < -0.3 is 5.73 Å². The van der Waals surface area contributed by atoms with Crippen LogP contribution in [0, 0.1) is 0 Å². The molecule has 0 aliphatic heterocycles. The maximum atomic E-state index is 5.89. The van der Waals surface area contributed by atoms with E-state index in [9.17, 15) is 0 Å². The Balaban J connectivity index is 0.00000180. The summed E-state index contributed by atoms with van der Waals surface area (Å²) in [6.45, 7) is 0. The van der Waals surface area contributed by atoms with Gasteiger partial charge >= 0.3 is 51.4 Å². The van der Waals surface area contributed by atoms with Gasteiger partial charge in [0.05, 0.1) is 0 Å². The molecule has 0 saturated heterocycles. The molecule has 2 aromatic rings. The first-order valence-electron chi connectivity index (χ1n) is 5.88. The Morgan fingerprint density at radius 3 is 1.53 bits per heavy atom. The van der Waals surface area contributed by atoms with Crippen molar-refractivity contribution in [2.45, 2.75) is 11.5 Å². The van der Waals surface area contributed by atoms with Crippen LogP contribution in [0.25, 0.3) is 0 Å². The first kappa shape index (κ1) is 17.4. The molecule has 2 aromatic carbocycles. The first-order valence-corrected chi connectivity index (χ1v) is 8.00. The summed E-state index contributed by atoms with van der Waals surface area (Å²) in [5.74, 6) is 1.95. The summed E-state index contributed by atoms with van der Waals surface area (Å²) in [4.78, 5) is 0. The number of benzene rings is 2. The van der Waals surface area contributed by atoms with Crippen LogP contribution in [0.4, 0.5) is 0 Å². The van der Waals surface area contributed by atoms with Gasteiger partial charge in [-0.2, -0.15) is 10.9 Å². The molecule has 0 atom stereocenters. The van der Waals surface area contributed by atoms with Crippen LogP contribution in [-0.2, 0) is 11.5 Å². The van der Waals surface area contributed by atoms with Crippen LogP contribution < -0.4 is 5.73 Å². The average Bonchev–Trinajstić information content (AvgIpc) is 2.40. The van der Waals surface area contributed by atoms with Crippen molar-refractivity contribution in [1.29, 1.82) is 0 Å². The molecule has 4 heteroatoms. The van der Waals surface area contributed by atoms with Gasteiger partial charge in [-0.3, -0.25) is 0 Å². The standard InChI is InChI=1S/C15H17NS2.K.H/c16-15(17)18(11-13-7-3-1-4-8-13)12-14-9-5-2-6-10-14;;/h1-10,18H,11-12H2,(H2,16,17);;. The second-order valence-corrected chi connectivity index (χ2v) is 7.10. The summed E-state index contributed by atoms with van der Waals surface area (Å²) in [5.41, 5.74) is 8.52. The van der Waals surface area contributed by atoms with Gasteiger partial charge in [-0.1, -0.05) is 72.9 Å². The van der Waals surface area contributed by atoms with Crippen molar-refractivity contribution in [3.8, 4) is 0 Å². The van der Waals surface area contributed by atoms with Crippen molar-refractivity contribution in [3.05, 3.63) is 71.8 Å². The SMILES string of the molecule is NC(=S)[SH](Cc1ccccc1)Cc1ccccc1.[KH]. The molecule has 0 saturated carbocycles. The molecule has 96 valence electrons. The molecule has 1 nitrogen and oxygen atoms in total. The third kappa shape index (κ3) is 6.08.